The van der Waals surface area contributed by atoms with E-state index in [0.29, 0.717) is 30.1 Å². The Kier molecular flexibility index (Phi) is 10.4. The van der Waals surface area contributed by atoms with E-state index < -0.39 is 16.1 Å². The molecule has 2 amide bonds. The molecule has 37 heavy (non-hydrogen) atoms. The lowest BCUT2D eigenvalue weighted by atomic mass is 10.0. The molecule has 3 rings (SSSR count). The molecule has 1 aliphatic carbocycles. The summed E-state index contributed by atoms with van der Waals surface area (Å²) in [6, 6.07) is 14.1. The van der Waals surface area contributed by atoms with Crippen molar-refractivity contribution >= 4 is 39.1 Å². The number of sulfonamides is 1. The molecule has 1 fully saturated rings. The lowest BCUT2D eigenvalue weighted by Crippen LogP contribution is -2.51. The highest BCUT2D eigenvalue weighted by Crippen LogP contribution is 2.24. The highest BCUT2D eigenvalue weighted by atomic mass is 35.5. The monoisotopic (exact) mass is 547 g/mol. The largest absolute Gasteiger partial charge is 0.352 e. The summed E-state index contributed by atoms with van der Waals surface area (Å²) in [5.41, 5.74) is 2.50. The van der Waals surface area contributed by atoms with Crippen molar-refractivity contribution in [2.75, 3.05) is 17.1 Å². The van der Waals surface area contributed by atoms with Crippen LogP contribution in [0, 0.1) is 6.92 Å². The van der Waals surface area contributed by atoms with Gasteiger partial charge in [-0.2, -0.15) is 0 Å². The van der Waals surface area contributed by atoms with E-state index in [1.54, 1.807) is 29.2 Å². The first kappa shape index (κ1) is 29.0. The number of anilines is 1. The molecule has 2 aromatic rings. The van der Waals surface area contributed by atoms with Crippen LogP contribution >= 0.6 is 11.6 Å². The number of nitrogens with zero attached hydrogens (tertiary/aromatic N) is 2. The van der Waals surface area contributed by atoms with Crippen LogP contribution in [0.3, 0.4) is 0 Å². The predicted octanol–water partition coefficient (Wildman–Crippen LogP) is 5.06. The maximum absolute atomic E-state index is 13.6. The van der Waals surface area contributed by atoms with Gasteiger partial charge in [0.15, 0.2) is 0 Å². The molecule has 1 N–H and O–H groups in total. The third kappa shape index (κ3) is 8.20. The number of rotatable bonds is 12. The van der Waals surface area contributed by atoms with Crippen LogP contribution in [0.25, 0.3) is 0 Å². The van der Waals surface area contributed by atoms with Crippen LogP contribution in [0.2, 0.25) is 5.02 Å². The zero-order chi connectivity index (χ0) is 27.0. The second-order valence-electron chi connectivity index (χ2n) is 9.78. The van der Waals surface area contributed by atoms with E-state index in [1.165, 1.54) is 4.31 Å². The number of hydrogen-bond donors (Lipinski definition) is 1. The SMILES string of the molecule is CCC(C(=O)NC1CCCC1)N(Cc1ccccc1C)C(=O)CCCN(c1cccc(Cl)c1)S(C)(=O)=O. The van der Waals surface area contributed by atoms with Gasteiger partial charge in [-0.1, -0.05) is 61.7 Å². The molecule has 0 spiro atoms. The summed E-state index contributed by atoms with van der Waals surface area (Å²) < 4.78 is 26.2. The van der Waals surface area contributed by atoms with E-state index in [0.717, 1.165) is 43.1 Å². The molecule has 0 aliphatic heterocycles. The molecule has 1 atom stereocenters. The summed E-state index contributed by atoms with van der Waals surface area (Å²) in [5.74, 6) is -0.288. The van der Waals surface area contributed by atoms with Crippen molar-refractivity contribution < 1.29 is 18.0 Å². The number of benzene rings is 2. The van der Waals surface area contributed by atoms with Gasteiger partial charge in [0.1, 0.15) is 6.04 Å². The summed E-state index contributed by atoms with van der Waals surface area (Å²) in [6.45, 7) is 4.37. The van der Waals surface area contributed by atoms with Gasteiger partial charge in [-0.3, -0.25) is 13.9 Å². The Balaban J connectivity index is 1.76. The van der Waals surface area contributed by atoms with Crippen molar-refractivity contribution in [1.29, 1.82) is 0 Å². The molecule has 0 bridgehead atoms. The third-order valence-electron chi connectivity index (χ3n) is 6.94. The Hall–Kier alpha value is -2.58. The van der Waals surface area contributed by atoms with E-state index in [2.05, 4.69) is 5.32 Å². The summed E-state index contributed by atoms with van der Waals surface area (Å²) in [4.78, 5) is 28.5. The van der Waals surface area contributed by atoms with Crippen molar-refractivity contribution in [1.82, 2.24) is 10.2 Å². The maximum Gasteiger partial charge on any atom is 0.243 e. The van der Waals surface area contributed by atoms with Crippen LogP contribution in [0.5, 0.6) is 0 Å². The Labute approximate surface area is 226 Å². The fourth-order valence-corrected chi connectivity index (χ4v) is 6.03. The highest BCUT2D eigenvalue weighted by molar-refractivity contribution is 7.92. The van der Waals surface area contributed by atoms with Gasteiger partial charge in [0.25, 0.3) is 0 Å². The van der Waals surface area contributed by atoms with Crippen molar-refractivity contribution in [3.8, 4) is 0 Å². The molecule has 0 radical (unpaired) electrons. The fraction of sp³-hybridized carbons (Fsp3) is 0.500. The van der Waals surface area contributed by atoms with E-state index in [-0.39, 0.29) is 30.8 Å². The third-order valence-corrected chi connectivity index (χ3v) is 8.37. The average molecular weight is 548 g/mol. The normalized spacial score (nSPS) is 14.8. The minimum atomic E-state index is -3.57. The molecular formula is C28H38ClN3O4S. The number of nitrogens with one attached hydrogen (secondary N) is 1. The molecule has 1 saturated carbocycles. The summed E-state index contributed by atoms with van der Waals surface area (Å²) in [6.07, 6.45) is 6.22. The van der Waals surface area contributed by atoms with E-state index in [4.69, 9.17) is 11.6 Å². The molecule has 202 valence electrons. The predicted molar refractivity (Wildman–Crippen MR) is 149 cm³/mol. The molecule has 0 heterocycles. The Morgan fingerprint density at radius 3 is 2.43 bits per heavy atom. The first-order chi connectivity index (χ1) is 17.6. The van der Waals surface area contributed by atoms with Crippen LogP contribution in [0.15, 0.2) is 48.5 Å². The van der Waals surface area contributed by atoms with Gasteiger partial charge in [-0.05, 0) is 61.9 Å². The van der Waals surface area contributed by atoms with Crippen molar-refractivity contribution in [3.63, 3.8) is 0 Å². The second kappa shape index (κ2) is 13.3. The highest BCUT2D eigenvalue weighted by Gasteiger charge is 2.31. The number of carbonyl (C=O) groups excluding carboxylic acids is 2. The van der Waals surface area contributed by atoms with Crippen LogP contribution < -0.4 is 9.62 Å². The molecule has 0 aromatic heterocycles. The van der Waals surface area contributed by atoms with Crippen molar-refractivity contribution in [2.45, 2.75) is 77.4 Å². The van der Waals surface area contributed by atoms with E-state index in [1.807, 2.05) is 38.1 Å². The zero-order valence-electron chi connectivity index (χ0n) is 22.0. The minimum Gasteiger partial charge on any atom is -0.352 e. The number of amides is 2. The van der Waals surface area contributed by atoms with Gasteiger partial charge in [0.2, 0.25) is 21.8 Å². The van der Waals surface area contributed by atoms with Gasteiger partial charge in [0, 0.05) is 30.6 Å². The van der Waals surface area contributed by atoms with Gasteiger partial charge in [0.05, 0.1) is 11.9 Å². The molecule has 0 saturated heterocycles. The summed E-state index contributed by atoms with van der Waals surface area (Å²) in [5, 5.41) is 3.59. The molecule has 1 unspecified atom stereocenters. The molecule has 2 aromatic carbocycles. The van der Waals surface area contributed by atoms with E-state index >= 15 is 0 Å². The van der Waals surface area contributed by atoms with Gasteiger partial charge in [-0.25, -0.2) is 8.42 Å². The van der Waals surface area contributed by atoms with Crippen molar-refractivity contribution in [2.24, 2.45) is 0 Å². The lowest BCUT2D eigenvalue weighted by molar-refractivity contribution is -0.141. The first-order valence-electron chi connectivity index (χ1n) is 13.0. The standard InChI is InChI=1S/C28H38ClN3O4S/c1-4-26(28(34)30-24-14-7-8-15-24)31(20-22-12-6-5-11-21(22)2)27(33)17-10-18-32(37(3,35)36)25-16-9-13-23(29)19-25/h5-6,9,11-13,16,19,24,26H,4,7-8,10,14-15,17-18,20H2,1-3H3,(H,30,34). The van der Waals surface area contributed by atoms with E-state index in [9.17, 15) is 18.0 Å². The Morgan fingerprint density at radius 1 is 1.11 bits per heavy atom. The van der Waals surface area contributed by atoms with Gasteiger partial charge in [-0.15, -0.1) is 0 Å². The number of halogens is 1. The number of aryl methyl sites for hydroxylation is 1. The minimum absolute atomic E-state index is 0.117. The topological polar surface area (TPSA) is 86.8 Å². The molecule has 7 nitrogen and oxygen atoms in total. The molecular weight excluding hydrogens is 510 g/mol. The summed E-state index contributed by atoms with van der Waals surface area (Å²) >= 11 is 6.08. The number of hydrogen-bond acceptors (Lipinski definition) is 4. The number of carbonyl (C=O) groups is 2. The maximum atomic E-state index is 13.6. The fourth-order valence-electron chi connectivity index (χ4n) is 4.89. The quantitative estimate of drug-likeness (QED) is 0.402. The second-order valence-corrected chi connectivity index (χ2v) is 12.1. The average Bonchev–Trinajstić information content (AvgIpc) is 3.35. The van der Waals surface area contributed by atoms with Crippen LogP contribution in [0.1, 0.15) is 63.0 Å². The van der Waals surface area contributed by atoms with Crippen LogP contribution in [-0.2, 0) is 26.2 Å². The van der Waals surface area contributed by atoms with Gasteiger partial charge >= 0.3 is 0 Å². The lowest BCUT2D eigenvalue weighted by Gasteiger charge is -2.32. The Bertz CT molecular complexity index is 1180. The Morgan fingerprint density at radius 2 is 1.81 bits per heavy atom. The van der Waals surface area contributed by atoms with Gasteiger partial charge < -0.3 is 10.2 Å². The molecule has 9 heteroatoms. The smallest absolute Gasteiger partial charge is 0.243 e. The van der Waals surface area contributed by atoms with Crippen LogP contribution in [0.4, 0.5) is 5.69 Å². The van der Waals surface area contributed by atoms with Crippen molar-refractivity contribution in [3.05, 3.63) is 64.7 Å². The van der Waals surface area contributed by atoms with Crippen LogP contribution in [-0.4, -0.2) is 50.0 Å². The zero-order valence-corrected chi connectivity index (χ0v) is 23.5. The summed E-state index contributed by atoms with van der Waals surface area (Å²) in [7, 11) is -3.57. The molecule has 1 aliphatic rings. The first-order valence-corrected chi connectivity index (χ1v) is 15.2.